The van der Waals surface area contributed by atoms with E-state index in [-0.39, 0.29) is 12.3 Å². The van der Waals surface area contributed by atoms with Crippen LogP contribution in [0.15, 0.2) is 24.3 Å². The molecule has 2 rings (SSSR count). The third-order valence-electron chi connectivity index (χ3n) is 3.68. The lowest BCUT2D eigenvalue weighted by Gasteiger charge is -2.32. The summed E-state index contributed by atoms with van der Waals surface area (Å²) in [5.74, 6) is 0.743. The van der Waals surface area contributed by atoms with Crippen LogP contribution in [0.1, 0.15) is 19.8 Å². The molecule has 3 N–H and O–H groups in total. The van der Waals surface area contributed by atoms with E-state index in [4.69, 9.17) is 5.73 Å². The number of piperidine rings is 1. The summed E-state index contributed by atoms with van der Waals surface area (Å²) in [6, 6.07) is 7.55. The molecule has 112 valence electrons. The van der Waals surface area contributed by atoms with E-state index in [1.807, 2.05) is 12.1 Å². The van der Waals surface area contributed by atoms with Crippen LogP contribution in [0.25, 0.3) is 0 Å². The number of nitrogens with two attached hydrogens (primary N) is 1. The van der Waals surface area contributed by atoms with Gasteiger partial charge in [-0.25, -0.2) is 8.42 Å². The number of hydrogen-bond donors (Lipinski definition) is 2. The van der Waals surface area contributed by atoms with Crippen LogP contribution in [0.2, 0.25) is 0 Å². The molecule has 1 aliphatic heterocycles. The van der Waals surface area contributed by atoms with Gasteiger partial charge in [-0.2, -0.15) is 0 Å². The Morgan fingerprint density at radius 1 is 1.25 bits per heavy atom. The Bertz CT molecular complexity index is 520. The van der Waals surface area contributed by atoms with Gasteiger partial charge in [-0.15, -0.1) is 0 Å². The summed E-state index contributed by atoms with van der Waals surface area (Å²) < 4.78 is 25.8. The van der Waals surface area contributed by atoms with Crippen LogP contribution >= 0.6 is 0 Å². The molecule has 0 amide bonds. The van der Waals surface area contributed by atoms with Crippen molar-refractivity contribution in [3.8, 4) is 0 Å². The number of benzene rings is 1. The highest BCUT2D eigenvalue weighted by Gasteiger charge is 2.16. The third kappa shape index (κ3) is 4.11. The molecule has 1 aliphatic rings. The first-order valence-electron chi connectivity index (χ1n) is 7.06. The number of rotatable bonds is 5. The van der Waals surface area contributed by atoms with Crippen molar-refractivity contribution >= 4 is 21.4 Å². The Hall–Kier alpha value is -1.27. The molecule has 1 aromatic rings. The molecule has 1 heterocycles. The molecule has 0 saturated carbocycles. The molecule has 1 saturated heterocycles. The number of sulfonamides is 1. The Kier molecular flexibility index (Phi) is 4.88. The van der Waals surface area contributed by atoms with Crippen molar-refractivity contribution in [3.63, 3.8) is 0 Å². The van der Waals surface area contributed by atoms with Crippen LogP contribution in [-0.4, -0.2) is 33.8 Å². The second-order valence-electron chi connectivity index (χ2n) is 5.43. The van der Waals surface area contributed by atoms with Gasteiger partial charge < -0.3 is 10.6 Å². The molecular formula is C14H23N3O2S. The van der Waals surface area contributed by atoms with Gasteiger partial charge >= 0.3 is 0 Å². The van der Waals surface area contributed by atoms with Crippen molar-refractivity contribution in [3.05, 3.63) is 24.3 Å². The zero-order chi connectivity index (χ0) is 14.6. The van der Waals surface area contributed by atoms with E-state index in [0.29, 0.717) is 5.69 Å². The number of hydrogen-bond acceptors (Lipinski definition) is 4. The summed E-state index contributed by atoms with van der Waals surface area (Å²) in [5.41, 5.74) is 7.02. The van der Waals surface area contributed by atoms with E-state index in [1.54, 1.807) is 12.1 Å². The second-order valence-corrected chi connectivity index (χ2v) is 7.27. The van der Waals surface area contributed by atoms with E-state index in [1.165, 1.54) is 12.8 Å². The molecule has 0 bridgehead atoms. The minimum atomic E-state index is -3.32. The first kappa shape index (κ1) is 15.1. The standard InChI is InChI=1S/C14H23N3O2S/c1-12-6-9-17(10-7-12)14-4-2-13(3-5-14)16-20(18,19)11-8-15/h2-5,12,16H,6-11,15H2,1H3. The number of nitrogens with zero attached hydrogens (tertiary/aromatic N) is 1. The average Bonchev–Trinajstić information content (AvgIpc) is 2.40. The smallest absolute Gasteiger partial charge is 0.233 e. The molecule has 0 aliphatic carbocycles. The van der Waals surface area contributed by atoms with Crippen LogP contribution < -0.4 is 15.4 Å². The summed E-state index contributed by atoms with van der Waals surface area (Å²) in [6.45, 7) is 4.55. The summed E-state index contributed by atoms with van der Waals surface area (Å²) in [6.07, 6.45) is 2.43. The van der Waals surface area contributed by atoms with E-state index in [9.17, 15) is 8.42 Å². The lowest BCUT2D eigenvalue weighted by atomic mass is 9.99. The van der Waals surface area contributed by atoms with E-state index >= 15 is 0 Å². The van der Waals surface area contributed by atoms with Gasteiger partial charge in [-0.1, -0.05) is 6.92 Å². The monoisotopic (exact) mass is 297 g/mol. The van der Waals surface area contributed by atoms with Gasteiger partial charge in [0, 0.05) is 31.0 Å². The predicted molar refractivity (Wildman–Crippen MR) is 83.5 cm³/mol. The molecule has 1 fully saturated rings. The molecule has 0 spiro atoms. The molecule has 0 unspecified atom stereocenters. The fraction of sp³-hybridized carbons (Fsp3) is 0.571. The van der Waals surface area contributed by atoms with Crippen LogP contribution in [0, 0.1) is 5.92 Å². The number of anilines is 2. The molecule has 0 radical (unpaired) electrons. The van der Waals surface area contributed by atoms with Gasteiger partial charge in [0.25, 0.3) is 0 Å². The first-order chi connectivity index (χ1) is 9.50. The molecular weight excluding hydrogens is 274 g/mol. The predicted octanol–water partition coefficient (Wildman–Crippen LogP) is 1.62. The molecule has 0 atom stereocenters. The second kappa shape index (κ2) is 6.45. The molecule has 5 nitrogen and oxygen atoms in total. The van der Waals surface area contributed by atoms with Crippen molar-refractivity contribution < 1.29 is 8.42 Å². The quantitative estimate of drug-likeness (QED) is 0.866. The van der Waals surface area contributed by atoms with Crippen LogP contribution in [0.5, 0.6) is 0 Å². The van der Waals surface area contributed by atoms with Crippen molar-refractivity contribution in [2.75, 3.05) is 35.0 Å². The summed E-state index contributed by atoms with van der Waals surface area (Å²) in [5, 5.41) is 0. The lowest BCUT2D eigenvalue weighted by Crippen LogP contribution is -2.32. The Balaban J connectivity index is 1.99. The maximum atomic E-state index is 11.6. The highest BCUT2D eigenvalue weighted by molar-refractivity contribution is 7.92. The Morgan fingerprint density at radius 2 is 1.85 bits per heavy atom. The molecule has 20 heavy (non-hydrogen) atoms. The fourth-order valence-electron chi connectivity index (χ4n) is 2.39. The van der Waals surface area contributed by atoms with Crippen molar-refractivity contribution in [1.82, 2.24) is 0 Å². The van der Waals surface area contributed by atoms with Crippen molar-refractivity contribution in [2.24, 2.45) is 11.7 Å². The zero-order valence-corrected chi connectivity index (χ0v) is 12.7. The van der Waals surface area contributed by atoms with Crippen LogP contribution in [0.3, 0.4) is 0 Å². The normalized spacial score (nSPS) is 17.2. The topological polar surface area (TPSA) is 75.4 Å². The number of nitrogens with one attached hydrogen (secondary N) is 1. The van der Waals surface area contributed by atoms with E-state index in [0.717, 1.165) is 24.7 Å². The Morgan fingerprint density at radius 3 is 2.40 bits per heavy atom. The van der Waals surface area contributed by atoms with Gasteiger partial charge in [0.1, 0.15) is 0 Å². The van der Waals surface area contributed by atoms with Gasteiger partial charge in [0.05, 0.1) is 5.75 Å². The van der Waals surface area contributed by atoms with Gasteiger partial charge in [0.2, 0.25) is 10.0 Å². The average molecular weight is 297 g/mol. The van der Waals surface area contributed by atoms with Crippen molar-refractivity contribution in [2.45, 2.75) is 19.8 Å². The fourth-order valence-corrected chi connectivity index (χ4v) is 3.30. The van der Waals surface area contributed by atoms with Crippen molar-refractivity contribution in [1.29, 1.82) is 0 Å². The summed E-state index contributed by atoms with van der Waals surface area (Å²) in [7, 11) is -3.32. The summed E-state index contributed by atoms with van der Waals surface area (Å²) in [4.78, 5) is 2.35. The largest absolute Gasteiger partial charge is 0.372 e. The molecule has 6 heteroatoms. The molecule has 0 aromatic heterocycles. The minimum absolute atomic E-state index is 0.0568. The summed E-state index contributed by atoms with van der Waals surface area (Å²) >= 11 is 0. The highest BCUT2D eigenvalue weighted by atomic mass is 32.2. The Labute approximate surface area is 121 Å². The van der Waals surface area contributed by atoms with Gasteiger partial charge in [-0.3, -0.25) is 4.72 Å². The highest BCUT2D eigenvalue weighted by Crippen LogP contribution is 2.24. The van der Waals surface area contributed by atoms with Crippen LogP contribution in [-0.2, 0) is 10.0 Å². The maximum absolute atomic E-state index is 11.6. The van der Waals surface area contributed by atoms with E-state index in [2.05, 4.69) is 16.5 Å². The lowest BCUT2D eigenvalue weighted by molar-refractivity contribution is 0.438. The van der Waals surface area contributed by atoms with Crippen LogP contribution in [0.4, 0.5) is 11.4 Å². The first-order valence-corrected chi connectivity index (χ1v) is 8.71. The molecule has 1 aromatic carbocycles. The SMILES string of the molecule is CC1CCN(c2ccc(NS(=O)(=O)CCN)cc2)CC1. The van der Waals surface area contributed by atoms with E-state index < -0.39 is 10.0 Å². The van der Waals surface area contributed by atoms with Gasteiger partial charge in [-0.05, 0) is 43.0 Å². The zero-order valence-electron chi connectivity index (χ0n) is 11.9. The minimum Gasteiger partial charge on any atom is -0.372 e. The van der Waals surface area contributed by atoms with Gasteiger partial charge in [0.15, 0.2) is 0 Å². The maximum Gasteiger partial charge on any atom is 0.233 e. The third-order valence-corrected chi connectivity index (χ3v) is 5.00.